The van der Waals surface area contributed by atoms with Crippen LogP contribution in [-0.2, 0) is 27.9 Å². The fourth-order valence-corrected chi connectivity index (χ4v) is 7.67. The molecule has 0 amide bonds. The molecular weight excluding hydrogens is 794 g/mol. The normalized spacial score (nSPS) is 13.9. The SMILES string of the molecule is CC/C=C\C/C=C\C/C=C\C/C=C\C/C=C\CCCCCCCC(=O)OC(COCCCCCCCCCCCC/C=C\CCCCCCCCCC)COP(=O)(O)OCCN. The van der Waals surface area contributed by atoms with Crippen LogP contribution in [0.5, 0.6) is 0 Å². The largest absolute Gasteiger partial charge is 0.472 e. The van der Waals surface area contributed by atoms with Crippen molar-refractivity contribution in [2.45, 2.75) is 225 Å². The standard InChI is InChI=1S/C53H96NO7P/c1-3-5-7-9-11-13-15-17-19-21-23-25-27-29-31-33-35-37-39-41-43-45-48-58-50-52(51-60-62(56,57)59-49-47-54)61-53(55)46-44-42-40-38-36-34-32-30-28-26-24-22-20-18-16-14-12-10-8-6-4-2/h6,8,12,14,18,20-21,23-24,26,30,32,52H,3-5,7,9-11,13,15-17,19,22,25,27-29,31,33-51,54H2,1-2H3,(H,56,57)/b8-6-,14-12-,20-18-,23-21-,26-24-,32-30-. The van der Waals surface area contributed by atoms with Gasteiger partial charge in [-0.25, -0.2) is 4.57 Å². The Kier molecular flexibility index (Phi) is 48.3. The van der Waals surface area contributed by atoms with Gasteiger partial charge in [0, 0.05) is 19.6 Å². The molecule has 0 spiro atoms. The van der Waals surface area contributed by atoms with Gasteiger partial charge in [0.2, 0.25) is 0 Å². The first kappa shape index (κ1) is 59.9. The van der Waals surface area contributed by atoms with Crippen molar-refractivity contribution in [3.63, 3.8) is 0 Å². The summed E-state index contributed by atoms with van der Waals surface area (Å²) in [6.45, 7) is 4.79. The molecule has 0 saturated carbocycles. The van der Waals surface area contributed by atoms with Crippen LogP contribution in [0.25, 0.3) is 0 Å². The Bertz CT molecular complexity index is 1180. The number of rotatable bonds is 48. The second kappa shape index (κ2) is 49.9. The van der Waals surface area contributed by atoms with E-state index in [1.165, 1.54) is 116 Å². The molecule has 2 atom stereocenters. The molecular formula is C53H96NO7P. The third-order valence-electron chi connectivity index (χ3n) is 10.6. The minimum absolute atomic E-state index is 0.0936. The number of nitrogens with two attached hydrogens (primary N) is 1. The predicted octanol–water partition coefficient (Wildman–Crippen LogP) is 15.9. The van der Waals surface area contributed by atoms with E-state index in [1.807, 2.05) is 0 Å². The third-order valence-corrected chi connectivity index (χ3v) is 11.6. The molecule has 2 unspecified atom stereocenters. The Labute approximate surface area is 382 Å². The lowest BCUT2D eigenvalue weighted by Gasteiger charge is -2.20. The molecule has 0 aromatic carbocycles. The fraction of sp³-hybridized carbons (Fsp3) is 0.755. The van der Waals surface area contributed by atoms with Crippen molar-refractivity contribution < 1.29 is 32.8 Å². The lowest BCUT2D eigenvalue weighted by atomic mass is 10.1. The van der Waals surface area contributed by atoms with Crippen LogP contribution in [0.3, 0.4) is 0 Å². The lowest BCUT2D eigenvalue weighted by Crippen LogP contribution is -2.28. The van der Waals surface area contributed by atoms with Crippen molar-refractivity contribution in [1.82, 2.24) is 0 Å². The van der Waals surface area contributed by atoms with E-state index in [-0.39, 0.29) is 32.3 Å². The molecule has 0 aromatic heterocycles. The summed E-state index contributed by atoms with van der Waals surface area (Å²) in [5, 5.41) is 0. The highest BCUT2D eigenvalue weighted by Crippen LogP contribution is 2.43. The van der Waals surface area contributed by atoms with Gasteiger partial charge >= 0.3 is 13.8 Å². The summed E-state index contributed by atoms with van der Waals surface area (Å²) < 4.78 is 33.6. The van der Waals surface area contributed by atoms with Gasteiger partial charge in [-0.05, 0) is 83.5 Å². The topological polar surface area (TPSA) is 117 Å². The Morgan fingerprint density at radius 3 is 1.37 bits per heavy atom. The first-order chi connectivity index (χ1) is 30.4. The first-order valence-electron chi connectivity index (χ1n) is 25.4. The van der Waals surface area contributed by atoms with Crippen molar-refractivity contribution in [3.8, 4) is 0 Å². The van der Waals surface area contributed by atoms with Crippen molar-refractivity contribution in [2.75, 3.05) is 33.0 Å². The number of phosphoric acid groups is 1. The van der Waals surface area contributed by atoms with Crippen molar-refractivity contribution in [1.29, 1.82) is 0 Å². The van der Waals surface area contributed by atoms with E-state index in [9.17, 15) is 14.3 Å². The summed E-state index contributed by atoms with van der Waals surface area (Å²) in [6.07, 6.45) is 63.6. The van der Waals surface area contributed by atoms with Crippen LogP contribution in [0.4, 0.5) is 0 Å². The molecule has 0 radical (unpaired) electrons. The third kappa shape index (κ3) is 49.0. The number of hydrogen-bond acceptors (Lipinski definition) is 7. The molecule has 9 heteroatoms. The summed E-state index contributed by atoms with van der Waals surface area (Å²) in [4.78, 5) is 22.6. The number of phosphoric ester groups is 1. The molecule has 0 fully saturated rings. The number of carbonyl (C=O) groups is 1. The van der Waals surface area contributed by atoms with Crippen molar-refractivity contribution in [3.05, 3.63) is 72.9 Å². The van der Waals surface area contributed by atoms with Gasteiger partial charge in [-0.2, -0.15) is 0 Å². The summed E-state index contributed by atoms with van der Waals surface area (Å²) in [7, 11) is -4.29. The maximum absolute atomic E-state index is 12.6. The zero-order chi connectivity index (χ0) is 45.1. The molecule has 0 bridgehead atoms. The summed E-state index contributed by atoms with van der Waals surface area (Å²) in [5.41, 5.74) is 5.39. The highest BCUT2D eigenvalue weighted by Gasteiger charge is 2.25. The average molecular weight is 890 g/mol. The van der Waals surface area contributed by atoms with Gasteiger partial charge < -0.3 is 20.1 Å². The summed E-state index contributed by atoms with van der Waals surface area (Å²) in [6, 6.07) is 0. The monoisotopic (exact) mass is 890 g/mol. The lowest BCUT2D eigenvalue weighted by molar-refractivity contribution is -0.154. The molecule has 3 N–H and O–H groups in total. The molecule has 0 heterocycles. The van der Waals surface area contributed by atoms with E-state index in [2.05, 4.69) is 86.8 Å². The second-order valence-corrected chi connectivity index (χ2v) is 18.1. The number of unbranched alkanes of at least 4 members (excludes halogenated alkanes) is 23. The molecule has 62 heavy (non-hydrogen) atoms. The zero-order valence-corrected chi connectivity index (χ0v) is 41.0. The van der Waals surface area contributed by atoms with E-state index in [1.54, 1.807) is 0 Å². The van der Waals surface area contributed by atoms with Crippen molar-refractivity contribution >= 4 is 13.8 Å². The molecule has 8 nitrogen and oxygen atoms in total. The van der Waals surface area contributed by atoms with Gasteiger partial charge in [-0.3, -0.25) is 13.8 Å². The fourth-order valence-electron chi connectivity index (χ4n) is 6.90. The quantitative estimate of drug-likeness (QED) is 0.0268. The van der Waals surface area contributed by atoms with Crippen LogP contribution >= 0.6 is 7.82 Å². The molecule has 360 valence electrons. The minimum atomic E-state index is -4.29. The van der Waals surface area contributed by atoms with Crippen LogP contribution in [0, 0.1) is 0 Å². The van der Waals surface area contributed by atoms with Gasteiger partial charge in [0.05, 0.1) is 19.8 Å². The Hall–Kier alpha value is -2.06. The molecule has 0 aromatic rings. The van der Waals surface area contributed by atoms with Crippen LogP contribution in [0.15, 0.2) is 72.9 Å². The summed E-state index contributed by atoms with van der Waals surface area (Å²) >= 11 is 0. The first-order valence-corrected chi connectivity index (χ1v) is 26.9. The van der Waals surface area contributed by atoms with Gasteiger partial charge in [-0.15, -0.1) is 0 Å². The molecule has 0 aliphatic rings. The number of carbonyl (C=O) groups excluding carboxylic acids is 1. The van der Waals surface area contributed by atoms with Gasteiger partial charge in [-0.1, -0.05) is 202 Å². The minimum Gasteiger partial charge on any atom is -0.457 e. The summed E-state index contributed by atoms with van der Waals surface area (Å²) in [5.74, 6) is -0.349. The molecule has 0 aliphatic carbocycles. The highest BCUT2D eigenvalue weighted by molar-refractivity contribution is 7.47. The molecule has 0 aliphatic heterocycles. The second-order valence-electron chi connectivity index (χ2n) is 16.6. The zero-order valence-electron chi connectivity index (χ0n) is 40.1. The number of ether oxygens (including phenoxy) is 2. The molecule has 0 rings (SSSR count). The Balaban J connectivity index is 4.00. The van der Waals surface area contributed by atoms with E-state index in [4.69, 9.17) is 24.3 Å². The van der Waals surface area contributed by atoms with Crippen LogP contribution in [0.1, 0.15) is 219 Å². The number of hydrogen-bond donors (Lipinski definition) is 2. The van der Waals surface area contributed by atoms with E-state index < -0.39 is 13.9 Å². The van der Waals surface area contributed by atoms with Gasteiger partial charge in [0.25, 0.3) is 0 Å². The average Bonchev–Trinajstić information content (AvgIpc) is 3.26. The predicted molar refractivity (Wildman–Crippen MR) is 265 cm³/mol. The van der Waals surface area contributed by atoms with E-state index in [0.29, 0.717) is 13.0 Å². The van der Waals surface area contributed by atoms with Crippen LogP contribution < -0.4 is 5.73 Å². The number of allylic oxidation sites excluding steroid dienone is 12. The Morgan fingerprint density at radius 1 is 0.500 bits per heavy atom. The maximum atomic E-state index is 12.6. The van der Waals surface area contributed by atoms with Gasteiger partial charge in [0.15, 0.2) is 0 Å². The van der Waals surface area contributed by atoms with Gasteiger partial charge in [0.1, 0.15) is 6.10 Å². The maximum Gasteiger partial charge on any atom is 0.472 e. The van der Waals surface area contributed by atoms with E-state index >= 15 is 0 Å². The smallest absolute Gasteiger partial charge is 0.457 e. The molecule has 0 saturated heterocycles. The van der Waals surface area contributed by atoms with Crippen LogP contribution in [0.2, 0.25) is 0 Å². The highest BCUT2D eigenvalue weighted by atomic mass is 31.2. The van der Waals surface area contributed by atoms with E-state index in [0.717, 1.165) is 83.5 Å². The Morgan fingerprint density at radius 2 is 0.903 bits per heavy atom. The number of esters is 1. The van der Waals surface area contributed by atoms with Crippen molar-refractivity contribution in [2.24, 2.45) is 5.73 Å². The van der Waals surface area contributed by atoms with Crippen LogP contribution in [-0.4, -0.2) is 49.9 Å².